The molecule has 112 valence electrons. The largest absolute Gasteiger partial charge is 0.467 e. The van der Waals surface area contributed by atoms with Crippen molar-refractivity contribution in [1.82, 2.24) is 5.32 Å². The van der Waals surface area contributed by atoms with Gasteiger partial charge in [-0.25, -0.2) is 4.39 Å². The Balaban J connectivity index is 1.35. The van der Waals surface area contributed by atoms with Gasteiger partial charge in [0, 0.05) is 12.6 Å². The van der Waals surface area contributed by atoms with E-state index in [1.165, 1.54) is 5.56 Å². The van der Waals surface area contributed by atoms with Crippen molar-refractivity contribution in [2.24, 2.45) is 0 Å². The third kappa shape index (κ3) is 3.71. The fourth-order valence-corrected chi connectivity index (χ4v) is 2.82. The van der Waals surface area contributed by atoms with Crippen LogP contribution >= 0.6 is 0 Å². The Labute approximate surface area is 124 Å². The number of hydrogen-bond acceptors (Lipinski definition) is 3. The Morgan fingerprint density at radius 3 is 3.14 bits per heavy atom. The van der Waals surface area contributed by atoms with Gasteiger partial charge in [-0.2, -0.15) is 0 Å². The lowest BCUT2D eigenvalue weighted by Gasteiger charge is -2.14. The Morgan fingerprint density at radius 2 is 2.29 bits per heavy atom. The molecule has 4 heteroatoms. The molecule has 1 aromatic carbocycles. The molecule has 3 rings (SSSR count). The number of fused-ring (bicyclic) bond motifs is 1. The van der Waals surface area contributed by atoms with E-state index in [9.17, 15) is 4.39 Å². The average molecular weight is 289 g/mol. The molecule has 1 aliphatic rings. The van der Waals surface area contributed by atoms with Gasteiger partial charge in [0.1, 0.15) is 18.2 Å². The van der Waals surface area contributed by atoms with Crippen molar-refractivity contribution in [1.29, 1.82) is 0 Å². The molecule has 21 heavy (non-hydrogen) atoms. The van der Waals surface area contributed by atoms with Crippen molar-refractivity contribution >= 4 is 0 Å². The van der Waals surface area contributed by atoms with E-state index >= 15 is 0 Å². The zero-order valence-electron chi connectivity index (χ0n) is 12.0. The lowest BCUT2D eigenvalue weighted by Crippen LogP contribution is -2.21. The number of nitrogens with one attached hydrogen (secondary N) is 1. The van der Waals surface area contributed by atoms with E-state index in [1.807, 2.05) is 18.2 Å². The molecule has 0 radical (unpaired) electrons. The van der Waals surface area contributed by atoms with Crippen molar-refractivity contribution in [3.63, 3.8) is 0 Å². The molecule has 1 aromatic heterocycles. The smallest absolute Gasteiger partial charge is 0.129 e. The van der Waals surface area contributed by atoms with Crippen LogP contribution in [0.5, 0.6) is 0 Å². The highest BCUT2D eigenvalue weighted by atomic mass is 19.1. The molecule has 0 fully saturated rings. The molecule has 0 amide bonds. The summed E-state index contributed by atoms with van der Waals surface area (Å²) in [5, 5.41) is 3.53. The number of rotatable bonds is 7. The van der Waals surface area contributed by atoms with Crippen molar-refractivity contribution in [2.75, 3.05) is 13.2 Å². The summed E-state index contributed by atoms with van der Waals surface area (Å²) >= 11 is 0. The van der Waals surface area contributed by atoms with Crippen LogP contribution in [0, 0.1) is 5.82 Å². The fraction of sp³-hybridized carbons (Fsp3) is 0.412. The Kier molecular flexibility index (Phi) is 4.68. The summed E-state index contributed by atoms with van der Waals surface area (Å²) < 4.78 is 23.9. The van der Waals surface area contributed by atoms with E-state index in [1.54, 1.807) is 18.4 Å². The number of furan rings is 1. The molecule has 1 unspecified atom stereocenters. The molecular formula is C17H20FNO2. The maximum atomic E-state index is 13.2. The van der Waals surface area contributed by atoms with Crippen LogP contribution in [0.3, 0.4) is 0 Å². The maximum Gasteiger partial charge on any atom is 0.129 e. The van der Waals surface area contributed by atoms with Gasteiger partial charge in [0.2, 0.25) is 0 Å². The first-order chi connectivity index (χ1) is 10.3. The lowest BCUT2D eigenvalue weighted by molar-refractivity contribution is 0.103. The van der Waals surface area contributed by atoms with E-state index in [2.05, 4.69) is 5.32 Å². The summed E-state index contributed by atoms with van der Waals surface area (Å²) in [6.07, 6.45) is 4.61. The third-order valence-corrected chi connectivity index (χ3v) is 3.86. The zero-order valence-corrected chi connectivity index (χ0v) is 12.0. The van der Waals surface area contributed by atoms with Gasteiger partial charge in [0.25, 0.3) is 0 Å². The monoisotopic (exact) mass is 289 g/mol. The number of halogens is 1. The maximum absolute atomic E-state index is 13.2. The third-order valence-electron chi connectivity index (χ3n) is 3.86. The molecule has 0 bridgehead atoms. The molecule has 1 heterocycles. The molecule has 0 saturated carbocycles. The summed E-state index contributed by atoms with van der Waals surface area (Å²) in [7, 11) is 0. The van der Waals surface area contributed by atoms with Crippen LogP contribution in [0.1, 0.15) is 35.8 Å². The van der Waals surface area contributed by atoms with Gasteiger partial charge < -0.3 is 14.5 Å². The minimum absolute atomic E-state index is 0.138. The molecule has 1 atom stereocenters. The Morgan fingerprint density at radius 1 is 1.33 bits per heavy atom. The summed E-state index contributed by atoms with van der Waals surface area (Å²) in [6, 6.07) is 9.23. The van der Waals surface area contributed by atoms with E-state index in [-0.39, 0.29) is 5.82 Å². The first-order valence-corrected chi connectivity index (χ1v) is 7.45. The highest BCUT2D eigenvalue weighted by Crippen LogP contribution is 2.31. The standard InChI is InChI=1S/C17H20FNO2/c18-14-5-6-16-13(11-14)4-7-17(16)19-8-2-9-20-12-15-3-1-10-21-15/h1,3,5-6,10-11,17,19H,2,4,7-9,12H2. The first kappa shape index (κ1) is 14.3. The van der Waals surface area contributed by atoms with Crippen LogP contribution < -0.4 is 5.32 Å². The van der Waals surface area contributed by atoms with Crippen LogP contribution in [0.25, 0.3) is 0 Å². The SMILES string of the molecule is Fc1ccc2c(c1)CCC2NCCCOCc1ccco1. The Hall–Kier alpha value is -1.65. The minimum atomic E-state index is -0.138. The van der Waals surface area contributed by atoms with Gasteiger partial charge in [-0.3, -0.25) is 0 Å². The minimum Gasteiger partial charge on any atom is -0.467 e. The lowest BCUT2D eigenvalue weighted by atomic mass is 10.1. The van der Waals surface area contributed by atoms with Crippen LogP contribution in [0.4, 0.5) is 4.39 Å². The molecule has 1 N–H and O–H groups in total. The molecule has 0 aliphatic heterocycles. The second-order valence-corrected chi connectivity index (χ2v) is 5.37. The van der Waals surface area contributed by atoms with Gasteiger partial charge in [-0.05, 0) is 61.2 Å². The highest BCUT2D eigenvalue weighted by Gasteiger charge is 2.21. The predicted octanol–water partition coefficient (Wildman–Crippen LogP) is 3.60. The number of hydrogen-bond donors (Lipinski definition) is 1. The molecule has 0 spiro atoms. The second kappa shape index (κ2) is 6.87. The van der Waals surface area contributed by atoms with Crippen LogP contribution in [0.2, 0.25) is 0 Å². The number of ether oxygens (including phenoxy) is 1. The molecule has 1 aliphatic carbocycles. The van der Waals surface area contributed by atoms with E-state index < -0.39 is 0 Å². The second-order valence-electron chi connectivity index (χ2n) is 5.37. The first-order valence-electron chi connectivity index (χ1n) is 7.45. The van der Waals surface area contributed by atoms with E-state index in [0.717, 1.165) is 37.1 Å². The Bertz CT molecular complexity index is 568. The van der Waals surface area contributed by atoms with Gasteiger partial charge in [-0.15, -0.1) is 0 Å². The van der Waals surface area contributed by atoms with Crippen molar-refractivity contribution < 1.29 is 13.5 Å². The van der Waals surface area contributed by atoms with Crippen molar-refractivity contribution in [3.8, 4) is 0 Å². The summed E-state index contributed by atoms with van der Waals surface area (Å²) in [6.45, 7) is 2.13. The summed E-state index contributed by atoms with van der Waals surface area (Å²) in [5.74, 6) is 0.718. The van der Waals surface area contributed by atoms with Gasteiger partial charge in [-0.1, -0.05) is 6.07 Å². The zero-order chi connectivity index (χ0) is 14.5. The number of aryl methyl sites for hydroxylation is 1. The summed E-state index contributed by atoms with van der Waals surface area (Å²) in [5.41, 5.74) is 2.38. The van der Waals surface area contributed by atoms with Crippen LogP contribution in [-0.2, 0) is 17.8 Å². The number of benzene rings is 1. The normalized spacial score (nSPS) is 17.1. The summed E-state index contributed by atoms with van der Waals surface area (Å²) in [4.78, 5) is 0. The van der Waals surface area contributed by atoms with Gasteiger partial charge in [0.15, 0.2) is 0 Å². The van der Waals surface area contributed by atoms with Gasteiger partial charge >= 0.3 is 0 Å². The highest BCUT2D eigenvalue weighted by molar-refractivity contribution is 5.34. The molecular weight excluding hydrogens is 269 g/mol. The topological polar surface area (TPSA) is 34.4 Å². The van der Waals surface area contributed by atoms with Crippen molar-refractivity contribution in [3.05, 3.63) is 59.3 Å². The molecule has 0 saturated heterocycles. The van der Waals surface area contributed by atoms with Crippen molar-refractivity contribution in [2.45, 2.75) is 31.9 Å². The quantitative estimate of drug-likeness (QED) is 0.791. The molecule has 2 aromatic rings. The fourth-order valence-electron chi connectivity index (χ4n) is 2.82. The van der Waals surface area contributed by atoms with E-state index in [4.69, 9.17) is 9.15 Å². The molecule has 3 nitrogen and oxygen atoms in total. The van der Waals surface area contributed by atoms with Crippen LogP contribution in [0.15, 0.2) is 41.0 Å². The van der Waals surface area contributed by atoms with Crippen LogP contribution in [-0.4, -0.2) is 13.2 Å². The van der Waals surface area contributed by atoms with Gasteiger partial charge in [0.05, 0.1) is 6.26 Å². The average Bonchev–Trinajstić information content (AvgIpc) is 3.12. The van der Waals surface area contributed by atoms with E-state index in [0.29, 0.717) is 19.3 Å². The predicted molar refractivity (Wildman–Crippen MR) is 78.4 cm³/mol.